The quantitative estimate of drug-likeness (QED) is 0.819. The summed E-state index contributed by atoms with van der Waals surface area (Å²) in [6.07, 6.45) is 11.1. The lowest BCUT2D eigenvalue weighted by Crippen LogP contribution is -2.59. The van der Waals surface area contributed by atoms with E-state index in [1.165, 1.54) is 64.5 Å². The summed E-state index contributed by atoms with van der Waals surface area (Å²) in [5, 5.41) is 3.14. The molecule has 1 saturated heterocycles. The van der Waals surface area contributed by atoms with Gasteiger partial charge in [-0.05, 0) is 45.2 Å². The molecular weight excluding hydrogens is 286 g/mol. The van der Waals surface area contributed by atoms with Gasteiger partial charge in [0, 0.05) is 12.1 Å². The first-order valence-electron chi connectivity index (χ1n) is 8.46. The number of nitrogens with one attached hydrogen (secondary N) is 1. The molecule has 2 aliphatic rings. The maximum atomic E-state index is 12.0. The van der Waals surface area contributed by atoms with Crippen molar-refractivity contribution in [3.8, 4) is 0 Å². The predicted molar refractivity (Wildman–Crippen MR) is 89.8 cm³/mol. The molecule has 1 atom stereocenters. The third-order valence-electron chi connectivity index (χ3n) is 5.18. The van der Waals surface area contributed by atoms with Gasteiger partial charge in [-0.1, -0.05) is 32.6 Å². The molecule has 5 heteroatoms. The van der Waals surface area contributed by atoms with Crippen LogP contribution in [0.1, 0.15) is 64.7 Å². The van der Waals surface area contributed by atoms with Gasteiger partial charge in [0.25, 0.3) is 0 Å². The molecule has 1 aliphatic carbocycles. The zero-order chi connectivity index (χ0) is 14.4. The van der Waals surface area contributed by atoms with Crippen molar-refractivity contribution < 1.29 is 4.79 Å². The van der Waals surface area contributed by atoms with Gasteiger partial charge in [0.05, 0.1) is 6.04 Å². The van der Waals surface area contributed by atoms with E-state index in [-0.39, 0.29) is 29.9 Å². The summed E-state index contributed by atoms with van der Waals surface area (Å²) in [5.74, 6) is 0.0226. The number of carbonyl (C=O) groups is 1. The van der Waals surface area contributed by atoms with Crippen LogP contribution < -0.4 is 11.1 Å². The first kappa shape index (κ1) is 18.7. The minimum absolute atomic E-state index is 0. The summed E-state index contributed by atoms with van der Waals surface area (Å²) in [7, 11) is 0. The fraction of sp³-hybridized carbons (Fsp3) is 0.938. The van der Waals surface area contributed by atoms with E-state index < -0.39 is 0 Å². The van der Waals surface area contributed by atoms with Crippen molar-refractivity contribution in [3.05, 3.63) is 0 Å². The maximum Gasteiger partial charge on any atom is 0.236 e. The third kappa shape index (κ3) is 4.83. The Morgan fingerprint density at radius 1 is 1.14 bits per heavy atom. The Kier molecular flexibility index (Phi) is 7.99. The molecule has 0 aromatic rings. The Hall–Kier alpha value is -0.320. The lowest BCUT2D eigenvalue weighted by molar-refractivity contribution is -0.123. The second kappa shape index (κ2) is 8.96. The topological polar surface area (TPSA) is 58.4 Å². The molecule has 1 heterocycles. The van der Waals surface area contributed by atoms with Gasteiger partial charge in [-0.25, -0.2) is 0 Å². The van der Waals surface area contributed by atoms with Gasteiger partial charge in [-0.3, -0.25) is 9.69 Å². The van der Waals surface area contributed by atoms with Crippen molar-refractivity contribution in [2.24, 2.45) is 5.73 Å². The number of carbonyl (C=O) groups excluding carboxylic acids is 1. The van der Waals surface area contributed by atoms with Crippen LogP contribution in [0.25, 0.3) is 0 Å². The summed E-state index contributed by atoms with van der Waals surface area (Å²) in [6.45, 7) is 5.16. The van der Waals surface area contributed by atoms with Crippen molar-refractivity contribution in [1.29, 1.82) is 0 Å². The number of likely N-dealkylation sites (tertiary alicyclic amines) is 1. The molecule has 0 aromatic heterocycles. The zero-order valence-corrected chi connectivity index (χ0v) is 14.2. The SMILES string of the molecule is CC[C@H](N)C(=O)NCC1(N2CCCCC2)CCCCC1.Cl. The Morgan fingerprint density at radius 2 is 1.71 bits per heavy atom. The molecule has 1 amide bonds. The van der Waals surface area contributed by atoms with Crippen LogP contribution >= 0.6 is 12.4 Å². The second-order valence-corrected chi connectivity index (χ2v) is 6.57. The molecule has 3 N–H and O–H groups in total. The van der Waals surface area contributed by atoms with E-state index in [4.69, 9.17) is 5.73 Å². The third-order valence-corrected chi connectivity index (χ3v) is 5.18. The molecule has 21 heavy (non-hydrogen) atoms. The second-order valence-electron chi connectivity index (χ2n) is 6.57. The number of hydrogen-bond acceptors (Lipinski definition) is 3. The summed E-state index contributed by atoms with van der Waals surface area (Å²) in [5.41, 5.74) is 6.04. The van der Waals surface area contributed by atoms with Gasteiger partial charge in [-0.2, -0.15) is 0 Å². The minimum atomic E-state index is -0.350. The molecule has 2 fully saturated rings. The first-order valence-corrected chi connectivity index (χ1v) is 8.46. The monoisotopic (exact) mass is 317 g/mol. The number of piperidine rings is 1. The van der Waals surface area contributed by atoms with Crippen molar-refractivity contribution in [1.82, 2.24) is 10.2 Å². The van der Waals surface area contributed by atoms with Crippen LogP contribution in [0.15, 0.2) is 0 Å². The normalized spacial score (nSPS) is 23.9. The number of nitrogens with two attached hydrogens (primary N) is 1. The highest BCUT2D eigenvalue weighted by molar-refractivity contribution is 5.85. The van der Waals surface area contributed by atoms with Gasteiger partial charge >= 0.3 is 0 Å². The van der Waals surface area contributed by atoms with Crippen LogP contribution in [-0.4, -0.2) is 42.0 Å². The molecule has 0 radical (unpaired) electrons. The Balaban J connectivity index is 0.00000220. The van der Waals surface area contributed by atoms with E-state index in [1.54, 1.807) is 0 Å². The number of halogens is 1. The summed E-state index contributed by atoms with van der Waals surface area (Å²) < 4.78 is 0. The number of hydrogen-bond donors (Lipinski definition) is 2. The van der Waals surface area contributed by atoms with Crippen LogP contribution in [-0.2, 0) is 4.79 Å². The average Bonchev–Trinajstić information content (AvgIpc) is 2.53. The molecule has 0 aromatic carbocycles. The molecule has 0 bridgehead atoms. The largest absolute Gasteiger partial charge is 0.353 e. The van der Waals surface area contributed by atoms with E-state index in [2.05, 4.69) is 10.2 Å². The van der Waals surface area contributed by atoms with E-state index >= 15 is 0 Å². The first-order chi connectivity index (χ1) is 9.68. The van der Waals surface area contributed by atoms with Gasteiger partial charge in [0.2, 0.25) is 5.91 Å². The van der Waals surface area contributed by atoms with Gasteiger partial charge < -0.3 is 11.1 Å². The van der Waals surface area contributed by atoms with Crippen LogP contribution in [0.4, 0.5) is 0 Å². The molecule has 4 nitrogen and oxygen atoms in total. The molecule has 1 aliphatic heterocycles. The highest BCUT2D eigenvalue weighted by Gasteiger charge is 2.38. The van der Waals surface area contributed by atoms with Crippen LogP contribution in [0.2, 0.25) is 0 Å². The van der Waals surface area contributed by atoms with Gasteiger partial charge in [0.15, 0.2) is 0 Å². The van der Waals surface area contributed by atoms with Crippen molar-refractivity contribution in [3.63, 3.8) is 0 Å². The predicted octanol–water partition coefficient (Wildman–Crippen LogP) is 2.45. The molecule has 2 rings (SSSR count). The van der Waals surface area contributed by atoms with Crippen LogP contribution in [0, 0.1) is 0 Å². The fourth-order valence-corrected chi connectivity index (χ4v) is 3.75. The van der Waals surface area contributed by atoms with E-state index in [1.807, 2.05) is 6.92 Å². The fourth-order valence-electron chi connectivity index (χ4n) is 3.75. The van der Waals surface area contributed by atoms with Gasteiger partial charge in [-0.15, -0.1) is 12.4 Å². The maximum absolute atomic E-state index is 12.0. The average molecular weight is 318 g/mol. The van der Waals surface area contributed by atoms with E-state index in [9.17, 15) is 4.79 Å². The van der Waals surface area contributed by atoms with Crippen LogP contribution in [0.5, 0.6) is 0 Å². The molecular formula is C16H32ClN3O. The summed E-state index contributed by atoms with van der Waals surface area (Å²) >= 11 is 0. The molecule has 1 saturated carbocycles. The lowest BCUT2D eigenvalue weighted by Gasteiger charge is -2.48. The molecule has 0 unspecified atom stereocenters. The zero-order valence-electron chi connectivity index (χ0n) is 13.4. The lowest BCUT2D eigenvalue weighted by atomic mass is 9.79. The van der Waals surface area contributed by atoms with Crippen molar-refractivity contribution in [2.45, 2.75) is 76.3 Å². The Morgan fingerprint density at radius 3 is 2.29 bits per heavy atom. The standard InChI is InChI=1S/C16H31N3O.ClH/c1-2-14(17)15(20)18-13-16(9-5-3-6-10-16)19-11-7-4-8-12-19;/h14H,2-13,17H2,1H3,(H,18,20);1H/t14-;/m0./s1. The van der Waals surface area contributed by atoms with E-state index in [0.717, 1.165) is 6.54 Å². The molecule has 0 spiro atoms. The molecule has 124 valence electrons. The van der Waals surface area contributed by atoms with E-state index in [0.29, 0.717) is 6.42 Å². The Labute approximate surface area is 135 Å². The smallest absolute Gasteiger partial charge is 0.236 e. The van der Waals surface area contributed by atoms with Crippen LogP contribution in [0.3, 0.4) is 0 Å². The van der Waals surface area contributed by atoms with Gasteiger partial charge in [0.1, 0.15) is 0 Å². The minimum Gasteiger partial charge on any atom is -0.353 e. The summed E-state index contributed by atoms with van der Waals surface area (Å²) in [4.78, 5) is 14.6. The highest BCUT2D eigenvalue weighted by atomic mass is 35.5. The Bertz CT molecular complexity index is 313. The van der Waals surface area contributed by atoms with Crippen molar-refractivity contribution in [2.75, 3.05) is 19.6 Å². The number of rotatable bonds is 5. The van der Waals surface area contributed by atoms with Crippen molar-refractivity contribution >= 4 is 18.3 Å². The summed E-state index contributed by atoms with van der Waals surface area (Å²) in [6, 6.07) is -0.350. The highest BCUT2D eigenvalue weighted by Crippen LogP contribution is 2.35. The number of amides is 1. The number of nitrogens with zero attached hydrogens (tertiary/aromatic N) is 1.